The van der Waals surface area contributed by atoms with Crippen LogP contribution in [0.4, 0.5) is 0 Å². The van der Waals surface area contributed by atoms with Crippen LogP contribution in [-0.4, -0.2) is 51.3 Å². The summed E-state index contributed by atoms with van der Waals surface area (Å²) in [5.74, 6) is 0.952. The molecule has 1 saturated heterocycles. The van der Waals surface area contributed by atoms with E-state index in [1.165, 1.54) is 0 Å². The van der Waals surface area contributed by atoms with Crippen molar-refractivity contribution in [1.82, 2.24) is 10.2 Å². The Labute approximate surface area is 67.2 Å². The van der Waals surface area contributed by atoms with E-state index in [2.05, 4.69) is 15.2 Å². The average Bonchev–Trinajstić information content (AvgIpc) is 2.09. The molecule has 0 aromatic heterocycles. The number of aliphatic imine (C=N–C) groups is 1. The van der Waals surface area contributed by atoms with Crippen molar-refractivity contribution in [2.24, 2.45) is 4.99 Å². The maximum Gasteiger partial charge on any atom is 0.193 e. The van der Waals surface area contributed by atoms with Crippen molar-refractivity contribution in [3.05, 3.63) is 0 Å². The lowest BCUT2D eigenvalue weighted by atomic mass is 10.4. The molecule has 0 aromatic carbocycles. The Hall–Kier alpha value is -0.770. The fourth-order valence-corrected chi connectivity index (χ4v) is 1.19. The van der Waals surface area contributed by atoms with E-state index in [0.717, 1.165) is 32.3 Å². The number of rotatable bonds is 0. The highest BCUT2D eigenvalue weighted by molar-refractivity contribution is 5.79. The Kier molecular flexibility index (Phi) is 3.16. The van der Waals surface area contributed by atoms with Gasteiger partial charge in [-0.05, 0) is 0 Å². The summed E-state index contributed by atoms with van der Waals surface area (Å²) >= 11 is 0. The topological polar surface area (TPSA) is 36.9 Å². The Morgan fingerprint density at radius 1 is 1.45 bits per heavy atom. The quantitative estimate of drug-likeness (QED) is 0.381. The van der Waals surface area contributed by atoms with Gasteiger partial charge in [-0.2, -0.15) is 0 Å². The molecule has 0 atom stereocenters. The van der Waals surface area contributed by atoms with Crippen LogP contribution in [0.25, 0.3) is 0 Å². The van der Waals surface area contributed by atoms with Gasteiger partial charge in [-0.3, -0.25) is 4.99 Å². The molecule has 4 heteroatoms. The second-order valence-corrected chi connectivity index (χ2v) is 2.40. The Bertz CT molecular complexity index is 141. The molecule has 0 aliphatic carbocycles. The summed E-state index contributed by atoms with van der Waals surface area (Å²) in [4.78, 5) is 6.29. The van der Waals surface area contributed by atoms with Crippen LogP contribution in [0.15, 0.2) is 4.99 Å². The van der Waals surface area contributed by atoms with E-state index in [-0.39, 0.29) is 0 Å². The van der Waals surface area contributed by atoms with E-state index in [0.29, 0.717) is 0 Å². The van der Waals surface area contributed by atoms with Crippen LogP contribution in [0, 0.1) is 0 Å². The first kappa shape index (κ1) is 8.33. The summed E-state index contributed by atoms with van der Waals surface area (Å²) in [7, 11) is 3.68. The van der Waals surface area contributed by atoms with Gasteiger partial charge in [0.15, 0.2) is 5.96 Å². The molecule has 1 rings (SSSR count). The molecule has 11 heavy (non-hydrogen) atoms. The Morgan fingerprint density at radius 2 is 2.09 bits per heavy atom. The third-order valence-electron chi connectivity index (χ3n) is 1.75. The Morgan fingerprint density at radius 3 is 2.55 bits per heavy atom. The number of hydrogen-bond donors (Lipinski definition) is 1. The predicted molar refractivity (Wildman–Crippen MR) is 44.8 cm³/mol. The van der Waals surface area contributed by atoms with Gasteiger partial charge in [-0.1, -0.05) is 0 Å². The van der Waals surface area contributed by atoms with Gasteiger partial charge in [-0.25, -0.2) is 0 Å². The number of morpholine rings is 1. The van der Waals surface area contributed by atoms with Gasteiger partial charge in [0.25, 0.3) is 0 Å². The van der Waals surface area contributed by atoms with E-state index in [9.17, 15) is 0 Å². The molecule has 0 aromatic rings. The zero-order valence-electron chi connectivity index (χ0n) is 7.13. The van der Waals surface area contributed by atoms with Gasteiger partial charge < -0.3 is 15.0 Å². The minimum absolute atomic E-state index is 0.806. The molecule has 0 radical (unpaired) electrons. The summed E-state index contributed by atoms with van der Waals surface area (Å²) in [6.45, 7) is 3.49. The van der Waals surface area contributed by atoms with Crippen LogP contribution < -0.4 is 5.32 Å². The molecule has 0 spiro atoms. The lowest BCUT2D eigenvalue weighted by Crippen LogP contribution is -2.46. The van der Waals surface area contributed by atoms with Gasteiger partial charge in [0.1, 0.15) is 0 Å². The summed E-state index contributed by atoms with van der Waals surface area (Å²) in [5, 5.41) is 3.04. The molecule has 4 nitrogen and oxygen atoms in total. The van der Waals surface area contributed by atoms with Gasteiger partial charge >= 0.3 is 0 Å². The zero-order valence-corrected chi connectivity index (χ0v) is 7.13. The minimum Gasteiger partial charge on any atom is -0.378 e. The molecule has 1 heterocycles. The van der Waals surface area contributed by atoms with Crippen molar-refractivity contribution in [3.8, 4) is 0 Å². The van der Waals surface area contributed by atoms with Crippen LogP contribution in [0.2, 0.25) is 0 Å². The normalized spacial score (nSPS) is 20.2. The van der Waals surface area contributed by atoms with Gasteiger partial charge in [0, 0.05) is 27.2 Å². The van der Waals surface area contributed by atoms with Crippen molar-refractivity contribution in [2.75, 3.05) is 40.4 Å². The lowest BCUT2D eigenvalue weighted by Gasteiger charge is -2.29. The highest BCUT2D eigenvalue weighted by atomic mass is 16.5. The molecule has 1 N–H and O–H groups in total. The monoisotopic (exact) mass is 157 g/mol. The first-order valence-electron chi connectivity index (χ1n) is 3.85. The highest BCUT2D eigenvalue weighted by Gasteiger charge is 2.12. The first-order valence-corrected chi connectivity index (χ1v) is 3.85. The average molecular weight is 157 g/mol. The van der Waals surface area contributed by atoms with Crippen molar-refractivity contribution in [2.45, 2.75) is 0 Å². The summed E-state index contributed by atoms with van der Waals surface area (Å²) in [5.41, 5.74) is 0. The SMILES string of the molecule is C/N=C(\NC)N1CCOCC1. The van der Waals surface area contributed by atoms with Crippen LogP contribution in [0.5, 0.6) is 0 Å². The zero-order chi connectivity index (χ0) is 8.10. The molecular weight excluding hydrogens is 142 g/mol. The Balaban J connectivity index is 2.43. The fraction of sp³-hybridized carbons (Fsp3) is 0.857. The first-order chi connectivity index (χ1) is 5.38. The molecule has 64 valence electrons. The molecule has 1 aliphatic rings. The molecule has 0 unspecified atom stereocenters. The smallest absolute Gasteiger partial charge is 0.193 e. The summed E-state index contributed by atoms with van der Waals surface area (Å²) < 4.78 is 5.21. The van der Waals surface area contributed by atoms with E-state index < -0.39 is 0 Å². The number of nitrogens with zero attached hydrogens (tertiary/aromatic N) is 2. The lowest BCUT2D eigenvalue weighted by molar-refractivity contribution is 0.0667. The number of ether oxygens (including phenoxy) is 1. The van der Waals surface area contributed by atoms with Crippen LogP contribution >= 0.6 is 0 Å². The van der Waals surface area contributed by atoms with Crippen molar-refractivity contribution in [3.63, 3.8) is 0 Å². The highest BCUT2D eigenvalue weighted by Crippen LogP contribution is 1.96. The predicted octanol–water partition coefficient (Wildman–Crippen LogP) is -0.476. The van der Waals surface area contributed by atoms with Gasteiger partial charge in [0.05, 0.1) is 13.2 Å². The van der Waals surface area contributed by atoms with Gasteiger partial charge in [-0.15, -0.1) is 0 Å². The standard InChI is InChI=1S/C7H15N3O/c1-8-7(9-2)10-3-5-11-6-4-10/h3-6H2,1-2H3,(H,8,9). The molecular formula is C7H15N3O. The number of guanidine groups is 1. The third kappa shape index (κ3) is 2.08. The van der Waals surface area contributed by atoms with Crippen molar-refractivity contribution >= 4 is 5.96 Å². The second kappa shape index (κ2) is 4.18. The van der Waals surface area contributed by atoms with Crippen LogP contribution in [-0.2, 0) is 4.74 Å². The summed E-state index contributed by atoms with van der Waals surface area (Å²) in [6, 6.07) is 0. The molecule has 1 fully saturated rings. The van der Waals surface area contributed by atoms with E-state index >= 15 is 0 Å². The van der Waals surface area contributed by atoms with E-state index in [1.54, 1.807) is 7.05 Å². The third-order valence-corrected chi connectivity index (χ3v) is 1.75. The van der Waals surface area contributed by atoms with Gasteiger partial charge in [0.2, 0.25) is 0 Å². The molecule has 0 bridgehead atoms. The molecule has 0 amide bonds. The fourth-order valence-electron chi connectivity index (χ4n) is 1.19. The maximum absolute atomic E-state index is 5.21. The maximum atomic E-state index is 5.21. The van der Waals surface area contributed by atoms with E-state index in [4.69, 9.17) is 4.74 Å². The van der Waals surface area contributed by atoms with Crippen molar-refractivity contribution in [1.29, 1.82) is 0 Å². The second-order valence-electron chi connectivity index (χ2n) is 2.40. The van der Waals surface area contributed by atoms with Crippen molar-refractivity contribution < 1.29 is 4.74 Å². The summed E-state index contributed by atoms with van der Waals surface area (Å²) in [6.07, 6.45) is 0. The minimum atomic E-state index is 0.806. The molecule has 1 aliphatic heterocycles. The largest absolute Gasteiger partial charge is 0.378 e. The van der Waals surface area contributed by atoms with Crippen LogP contribution in [0.1, 0.15) is 0 Å². The van der Waals surface area contributed by atoms with Crippen LogP contribution in [0.3, 0.4) is 0 Å². The number of nitrogens with one attached hydrogen (secondary N) is 1. The molecule has 0 saturated carbocycles. The van der Waals surface area contributed by atoms with E-state index in [1.807, 2.05) is 7.05 Å². The number of hydrogen-bond acceptors (Lipinski definition) is 2.